The first kappa shape index (κ1) is 13.8. The molecule has 0 unspecified atom stereocenters. The highest BCUT2D eigenvalue weighted by atomic mass is 16.1. The fourth-order valence-corrected chi connectivity index (χ4v) is 2.65. The molecule has 0 spiro atoms. The minimum Gasteiger partial charge on any atom is -0.326 e. The summed E-state index contributed by atoms with van der Waals surface area (Å²) in [5.41, 5.74) is 1.44. The van der Waals surface area contributed by atoms with E-state index in [1.54, 1.807) is 24.3 Å². The second-order valence-electron chi connectivity index (χ2n) is 5.37. The van der Waals surface area contributed by atoms with Crippen molar-refractivity contribution in [3.63, 3.8) is 0 Å². The average Bonchev–Trinajstić information content (AvgIpc) is 2.90. The molecule has 2 rings (SSSR count). The number of anilines is 1. The molecule has 1 aliphatic rings. The van der Waals surface area contributed by atoms with Crippen LogP contribution in [0, 0.1) is 5.92 Å². The van der Waals surface area contributed by atoms with Crippen LogP contribution in [0.4, 0.5) is 5.69 Å². The largest absolute Gasteiger partial charge is 0.326 e. The monoisotopic (exact) mass is 259 g/mol. The van der Waals surface area contributed by atoms with Gasteiger partial charge in [0, 0.05) is 17.7 Å². The van der Waals surface area contributed by atoms with Gasteiger partial charge < -0.3 is 5.32 Å². The van der Waals surface area contributed by atoms with Crippen molar-refractivity contribution in [1.29, 1.82) is 0 Å². The predicted molar refractivity (Wildman–Crippen MR) is 76.3 cm³/mol. The summed E-state index contributed by atoms with van der Waals surface area (Å²) < 4.78 is 0. The molecule has 3 heteroatoms. The third-order valence-corrected chi connectivity index (χ3v) is 3.83. The van der Waals surface area contributed by atoms with Gasteiger partial charge in [-0.1, -0.05) is 25.7 Å². The van der Waals surface area contributed by atoms with Crippen LogP contribution in [0.15, 0.2) is 24.3 Å². The molecule has 1 amide bonds. The number of carbonyl (C=O) groups excluding carboxylic acids is 2. The zero-order chi connectivity index (χ0) is 13.7. The van der Waals surface area contributed by atoms with Gasteiger partial charge in [0.05, 0.1) is 0 Å². The van der Waals surface area contributed by atoms with Crippen LogP contribution in [0.5, 0.6) is 0 Å². The normalized spacial score (nSPS) is 15.4. The summed E-state index contributed by atoms with van der Waals surface area (Å²) >= 11 is 0. The lowest BCUT2D eigenvalue weighted by Crippen LogP contribution is -2.12. The Labute approximate surface area is 114 Å². The van der Waals surface area contributed by atoms with Gasteiger partial charge >= 0.3 is 0 Å². The smallest absolute Gasteiger partial charge is 0.224 e. The second kappa shape index (κ2) is 6.50. The summed E-state index contributed by atoms with van der Waals surface area (Å²) in [5, 5.41) is 2.88. The van der Waals surface area contributed by atoms with E-state index in [1.807, 2.05) is 0 Å². The first-order chi connectivity index (χ1) is 9.15. The molecule has 1 aromatic carbocycles. The Hall–Kier alpha value is -1.64. The van der Waals surface area contributed by atoms with Gasteiger partial charge in [0.25, 0.3) is 0 Å². The van der Waals surface area contributed by atoms with E-state index in [0.29, 0.717) is 12.0 Å². The van der Waals surface area contributed by atoms with Gasteiger partial charge in [-0.25, -0.2) is 0 Å². The number of rotatable bonds is 5. The van der Waals surface area contributed by atoms with Crippen LogP contribution in [0.1, 0.15) is 55.8 Å². The molecule has 1 aliphatic carbocycles. The summed E-state index contributed by atoms with van der Waals surface area (Å²) in [6.07, 6.45) is 6.79. The maximum Gasteiger partial charge on any atom is 0.224 e. The van der Waals surface area contributed by atoms with Crippen LogP contribution < -0.4 is 5.32 Å². The van der Waals surface area contributed by atoms with E-state index in [2.05, 4.69) is 5.32 Å². The summed E-state index contributed by atoms with van der Waals surface area (Å²) in [4.78, 5) is 23.0. The van der Waals surface area contributed by atoms with Gasteiger partial charge in [0.2, 0.25) is 5.91 Å². The standard InChI is InChI=1S/C16H21NO2/c1-12(18)14-7-9-15(10-8-14)17-16(19)11-6-13-4-2-3-5-13/h7-10,13H,2-6,11H2,1H3,(H,17,19). The molecule has 19 heavy (non-hydrogen) atoms. The first-order valence-corrected chi connectivity index (χ1v) is 7.06. The molecule has 0 aliphatic heterocycles. The Morgan fingerprint density at radius 1 is 1.16 bits per heavy atom. The van der Waals surface area contributed by atoms with Crippen molar-refractivity contribution >= 4 is 17.4 Å². The average molecular weight is 259 g/mol. The molecule has 0 radical (unpaired) electrons. The zero-order valence-corrected chi connectivity index (χ0v) is 11.4. The van der Waals surface area contributed by atoms with Crippen molar-refractivity contribution in [2.45, 2.75) is 45.4 Å². The van der Waals surface area contributed by atoms with E-state index >= 15 is 0 Å². The molecule has 0 bridgehead atoms. The summed E-state index contributed by atoms with van der Waals surface area (Å²) in [7, 11) is 0. The third kappa shape index (κ3) is 4.19. The van der Waals surface area contributed by atoms with Gasteiger partial charge in [-0.05, 0) is 43.5 Å². The molecule has 1 aromatic rings. The van der Waals surface area contributed by atoms with Crippen LogP contribution in [0.2, 0.25) is 0 Å². The number of amides is 1. The Morgan fingerprint density at radius 2 is 1.79 bits per heavy atom. The number of hydrogen-bond acceptors (Lipinski definition) is 2. The Kier molecular flexibility index (Phi) is 4.72. The highest BCUT2D eigenvalue weighted by molar-refractivity contribution is 5.95. The third-order valence-electron chi connectivity index (χ3n) is 3.83. The summed E-state index contributed by atoms with van der Waals surface area (Å²) in [5.74, 6) is 0.854. The number of benzene rings is 1. The minimum absolute atomic E-state index is 0.0408. The quantitative estimate of drug-likeness (QED) is 0.817. The van der Waals surface area contributed by atoms with Gasteiger partial charge in [0.1, 0.15) is 0 Å². The van der Waals surface area contributed by atoms with Crippen LogP contribution in [-0.2, 0) is 4.79 Å². The van der Waals surface area contributed by atoms with E-state index in [4.69, 9.17) is 0 Å². The van der Waals surface area contributed by atoms with Crippen LogP contribution in [0.25, 0.3) is 0 Å². The number of nitrogens with one attached hydrogen (secondary N) is 1. The molecule has 1 N–H and O–H groups in total. The molecule has 0 heterocycles. The highest BCUT2D eigenvalue weighted by Gasteiger charge is 2.16. The zero-order valence-electron chi connectivity index (χ0n) is 11.4. The number of hydrogen-bond donors (Lipinski definition) is 1. The molecular formula is C16H21NO2. The van der Waals surface area contributed by atoms with E-state index in [0.717, 1.165) is 18.0 Å². The fourth-order valence-electron chi connectivity index (χ4n) is 2.65. The first-order valence-electron chi connectivity index (χ1n) is 7.06. The molecule has 1 saturated carbocycles. The molecule has 0 atom stereocenters. The molecule has 1 fully saturated rings. The van der Waals surface area contributed by atoms with Gasteiger partial charge in [0.15, 0.2) is 5.78 Å². The van der Waals surface area contributed by atoms with Crippen molar-refractivity contribution < 1.29 is 9.59 Å². The van der Waals surface area contributed by atoms with Gasteiger partial charge in [-0.3, -0.25) is 9.59 Å². The van der Waals surface area contributed by atoms with Crippen molar-refractivity contribution in [1.82, 2.24) is 0 Å². The van der Waals surface area contributed by atoms with E-state index in [-0.39, 0.29) is 11.7 Å². The maximum absolute atomic E-state index is 11.8. The minimum atomic E-state index is 0.0408. The van der Waals surface area contributed by atoms with Crippen molar-refractivity contribution in [2.75, 3.05) is 5.32 Å². The summed E-state index contributed by atoms with van der Waals surface area (Å²) in [6.45, 7) is 1.54. The van der Waals surface area contributed by atoms with Gasteiger partial charge in [-0.15, -0.1) is 0 Å². The lowest BCUT2D eigenvalue weighted by molar-refractivity contribution is -0.116. The van der Waals surface area contributed by atoms with Crippen molar-refractivity contribution in [3.05, 3.63) is 29.8 Å². The van der Waals surface area contributed by atoms with E-state index in [1.165, 1.54) is 32.6 Å². The van der Waals surface area contributed by atoms with Gasteiger partial charge in [-0.2, -0.15) is 0 Å². The van der Waals surface area contributed by atoms with Crippen LogP contribution in [-0.4, -0.2) is 11.7 Å². The molecule has 0 aromatic heterocycles. The molecule has 102 valence electrons. The topological polar surface area (TPSA) is 46.2 Å². The predicted octanol–water partition coefficient (Wildman–Crippen LogP) is 3.80. The van der Waals surface area contributed by atoms with Crippen LogP contribution >= 0.6 is 0 Å². The lowest BCUT2D eigenvalue weighted by atomic mass is 10.0. The number of Topliss-reactive ketones (excluding diaryl/α,β-unsaturated/α-hetero) is 1. The van der Waals surface area contributed by atoms with Crippen LogP contribution in [0.3, 0.4) is 0 Å². The summed E-state index contributed by atoms with van der Waals surface area (Å²) in [6, 6.07) is 7.05. The number of carbonyl (C=O) groups is 2. The second-order valence-corrected chi connectivity index (χ2v) is 5.37. The van der Waals surface area contributed by atoms with Crippen molar-refractivity contribution in [3.8, 4) is 0 Å². The molecule has 0 saturated heterocycles. The van der Waals surface area contributed by atoms with Crippen molar-refractivity contribution in [2.24, 2.45) is 5.92 Å². The highest BCUT2D eigenvalue weighted by Crippen LogP contribution is 2.28. The maximum atomic E-state index is 11.8. The molecule has 3 nitrogen and oxygen atoms in total. The molecular weight excluding hydrogens is 238 g/mol. The van der Waals surface area contributed by atoms with E-state index in [9.17, 15) is 9.59 Å². The SMILES string of the molecule is CC(=O)c1ccc(NC(=O)CCC2CCCC2)cc1. The lowest BCUT2D eigenvalue weighted by Gasteiger charge is -2.09. The Morgan fingerprint density at radius 3 is 2.37 bits per heavy atom. The van der Waals surface area contributed by atoms with E-state index < -0.39 is 0 Å². The fraction of sp³-hybridized carbons (Fsp3) is 0.500. The Bertz CT molecular complexity index is 444. The Balaban J connectivity index is 1.79. The number of ketones is 1.